The first-order chi connectivity index (χ1) is 18.2. The van der Waals surface area contributed by atoms with E-state index in [9.17, 15) is 13.2 Å². The number of pyridine rings is 1. The number of rotatable bonds is 8. The van der Waals surface area contributed by atoms with Crippen LogP contribution in [0.25, 0.3) is 28.2 Å². The number of fused-ring (bicyclic) bond motifs is 1. The van der Waals surface area contributed by atoms with Crippen molar-refractivity contribution in [2.24, 2.45) is 0 Å². The Bertz CT molecular complexity index is 1580. The van der Waals surface area contributed by atoms with Gasteiger partial charge in [-0.05, 0) is 49.7 Å². The lowest BCUT2D eigenvalue weighted by molar-refractivity contribution is -0.137. The molecule has 0 saturated carbocycles. The standard InChI is InChI=1S/C26H24F3N7O2/c1-16-24(18-12-19(26(27,28)29)25(30)32-14-18)36-23(33-16)7-5-20(34-36)17-4-6-21(22(13-17)37-2)38-11-3-9-35-10-8-31-15-35/h4-8,10,12-15H,3,9,11H2,1-2H3,(H2,30,32). The van der Waals surface area contributed by atoms with Crippen molar-refractivity contribution < 1.29 is 22.6 Å². The summed E-state index contributed by atoms with van der Waals surface area (Å²) in [5.41, 5.74) is 7.37. The first-order valence-corrected chi connectivity index (χ1v) is 11.7. The lowest BCUT2D eigenvalue weighted by atomic mass is 10.1. The number of benzene rings is 1. The van der Waals surface area contributed by atoms with Gasteiger partial charge in [-0.1, -0.05) is 0 Å². The Kier molecular flexibility index (Phi) is 6.62. The van der Waals surface area contributed by atoms with Crippen molar-refractivity contribution in [3.8, 4) is 34.0 Å². The van der Waals surface area contributed by atoms with Gasteiger partial charge in [0, 0.05) is 36.3 Å². The Morgan fingerprint density at radius 2 is 1.89 bits per heavy atom. The van der Waals surface area contributed by atoms with Crippen LogP contribution >= 0.6 is 0 Å². The minimum absolute atomic E-state index is 0.207. The van der Waals surface area contributed by atoms with Crippen LogP contribution in [0.2, 0.25) is 0 Å². The smallest absolute Gasteiger partial charge is 0.419 e. The molecule has 38 heavy (non-hydrogen) atoms. The van der Waals surface area contributed by atoms with Crippen LogP contribution in [0, 0.1) is 6.92 Å². The number of alkyl halides is 3. The molecule has 12 heteroatoms. The van der Waals surface area contributed by atoms with Gasteiger partial charge in [-0.15, -0.1) is 0 Å². The van der Waals surface area contributed by atoms with Crippen LogP contribution in [-0.2, 0) is 12.7 Å². The molecule has 0 aliphatic carbocycles. The van der Waals surface area contributed by atoms with Crippen molar-refractivity contribution in [2.75, 3.05) is 19.5 Å². The van der Waals surface area contributed by atoms with E-state index in [0.717, 1.165) is 24.6 Å². The fourth-order valence-corrected chi connectivity index (χ4v) is 4.16. The molecule has 1 aromatic carbocycles. The van der Waals surface area contributed by atoms with E-state index in [1.165, 1.54) is 10.7 Å². The van der Waals surface area contributed by atoms with Crippen LogP contribution in [0.15, 0.2) is 61.3 Å². The van der Waals surface area contributed by atoms with Crippen LogP contribution in [-0.4, -0.2) is 42.8 Å². The second-order valence-corrected chi connectivity index (χ2v) is 8.56. The number of halogens is 3. The van der Waals surface area contributed by atoms with Crippen molar-refractivity contribution in [2.45, 2.75) is 26.1 Å². The molecule has 0 atom stereocenters. The molecular formula is C26H24F3N7O2. The summed E-state index contributed by atoms with van der Waals surface area (Å²) in [6.45, 7) is 2.98. The molecule has 0 amide bonds. The van der Waals surface area contributed by atoms with Gasteiger partial charge >= 0.3 is 6.18 Å². The number of imidazole rings is 2. The number of hydrogen-bond donors (Lipinski definition) is 1. The van der Waals surface area contributed by atoms with Gasteiger partial charge in [0.1, 0.15) is 5.82 Å². The van der Waals surface area contributed by atoms with E-state index in [0.29, 0.717) is 40.8 Å². The predicted octanol–water partition coefficient (Wildman–Crippen LogP) is 5.04. The number of aromatic nitrogens is 6. The summed E-state index contributed by atoms with van der Waals surface area (Å²) >= 11 is 0. The van der Waals surface area contributed by atoms with Gasteiger partial charge in [-0.25, -0.2) is 19.5 Å². The topological polar surface area (TPSA) is 105 Å². The van der Waals surface area contributed by atoms with Crippen LogP contribution in [0.5, 0.6) is 11.5 Å². The molecule has 2 N–H and O–H groups in total. The highest BCUT2D eigenvalue weighted by Crippen LogP contribution is 2.36. The highest BCUT2D eigenvalue weighted by Gasteiger charge is 2.34. The van der Waals surface area contributed by atoms with Gasteiger partial charge in [0.15, 0.2) is 17.1 Å². The third-order valence-electron chi connectivity index (χ3n) is 5.99. The van der Waals surface area contributed by atoms with E-state index in [1.54, 1.807) is 50.8 Å². The van der Waals surface area contributed by atoms with Crippen molar-refractivity contribution in [1.29, 1.82) is 0 Å². The van der Waals surface area contributed by atoms with Gasteiger partial charge in [-0.2, -0.15) is 18.3 Å². The fourth-order valence-electron chi connectivity index (χ4n) is 4.16. The number of hydrogen-bond acceptors (Lipinski definition) is 7. The van der Waals surface area contributed by atoms with Gasteiger partial charge in [0.25, 0.3) is 0 Å². The quantitative estimate of drug-likeness (QED) is 0.284. The number of anilines is 1. The molecule has 0 bridgehead atoms. The van der Waals surface area contributed by atoms with Crippen LogP contribution in [0.4, 0.5) is 19.0 Å². The van der Waals surface area contributed by atoms with Crippen molar-refractivity contribution in [3.05, 3.63) is 72.6 Å². The monoisotopic (exact) mass is 523 g/mol. The Balaban J connectivity index is 1.44. The molecule has 0 radical (unpaired) electrons. The van der Waals surface area contributed by atoms with Gasteiger partial charge in [0.05, 0.1) is 42.7 Å². The maximum atomic E-state index is 13.5. The Morgan fingerprint density at radius 1 is 1.05 bits per heavy atom. The lowest BCUT2D eigenvalue weighted by Gasteiger charge is -2.13. The first-order valence-electron chi connectivity index (χ1n) is 11.7. The maximum absolute atomic E-state index is 13.5. The number of nitrogens with zero attached hydrogens (tertiary/aromatic N) is 6. The molecule has 5 rings (SSSR count). The summed E-state index contributed by atoms with van der Waals surface area (Å²) in [5, 5.41) is 4.67. The lowest BCUT2D eigenvalue weighted by Crippen LogP contribution is -2.11. The van der Waals surface area contributed by atoms with E-state index in [-0.39, 0.29) is 5.56 Å². The van der Waals surface area contributed by atoms with E-state index in [2.05, 4.69) is 20.1 Å². The first kappa shape index (κ1) is 25.1. The predicted molar refractivity (Wildman–Crippen MR) is 135 cm³/mol. The molecule has 196 valence electrons. The summed E-state index contributed by atoms with van der Waals surface area (Å²) in [6.07, 6.45) is 2.82. The molecule has 0 spiro atoms. The van der Waals surface area contributed by atoms with Crippen molar-refractivity contribution >= 4 is 11.5 Å². The van der Waals surface area contributed by atoms with Gasteiger partial charge in [0.2, 0.25) is 0 Å². The minimum atomic E-state index is -4.64. The second-order valence-electron chi connectivity index (χ2n) is 8.56. The van der Waals surface area contributed by atoms with E-state index in [4.69, 9.17) is 15.2 Å². The zero-order valence-electron chi connectivity index (χ0n) is 20.6. The Morgan fingerprint density at radius 3 is 2.63 bits per heavy atom. The third kappa shape index (κ3) is 4.97. The Labute approximate surface area is 215 Å². The molecule has 0 unspecified atom stereocenters. The average molecular weight is 524 g/mol. The van der Waals surface area contributed by atoms with Crippen molar-refractivity contribution in [3.63, 3.8) is 0 Å². The number of nitrogens with two attached hydrogens (primary N) is 1. The summed E-state index contributed by atoms with van der Waals surface area (Å²) in [5.74, 6) is 0.541. The number of aryl methyl sites for hydroxylation is 2. The minimum Gasteiger partial charge on any atom is -0.493 e. The zero-order valence-corrected chi connectivity index (χ0v) is 20.6. The number of nitrogen functional groups attached to an aromatic ring is 1. The molecule has 0 saturated heterocycles. The number of methoxy groups -OCH3 is 1. The second kappa shape index (κ2) is 10.0. The Hall–Kier alpha value is -4.61. The highest BCUT2D eigenvalue weighted by atomic mass is 19.4. The summed E-state index contributed by atoms with van der Waals surface area (Å²) in [7, 11) is 1.55. The molecular weight excluding hydrogens is 499 g/mol. The van der Waals surface area contributed by atoms with Crippen LogP contribution < -0.4 is 15.2 Å². The SMILES string of the molecule is COc1cc(-c2ccc3nc(C)c(-c4cnc(N)c(C(F)(F)F)c4)n3n2)ccc1OCCCn1ccnc1. The molecule has 0 aliphatic rings. The van der Waals surface area contributed by atoms with Crippen LogP contribution in [0.3, 0.4) is 0 Å². The molecule has 0 fully saturated rings. The van der Waals surface area contributed by atoms with E-state index >= 15 is 0 Å². The molecule has 4 heterocycles. The number of ether oxygens (including phenoxy) is 2. The normalized spacial score (nSPS) is 11.7. The van der Waals surface area contributed by atoms with E-state index in [1.807, 2.05) is 16.8 Å². The average Bonchev–Trinajstić information content (AvgIpc) is 3.53. The molecule has 5 aromatic rings. The van der Waals surface area contributed by atoms with Crippen LogP contribution in [0.1, 0.15) is 17.7 Å². The van der Waals surface area contributed by atoms with Gasteiger partial charge in [-0.3, -0.25) is 0 Å². The summed E-state index contributed by atoms with van der Waals surface area (Å²) in [6, 6.07) is 9.95. The maximum Gasteiger partial charge on any atom is 0.419 e. The zero-order chi connectivity index (χ0) is 26.9. The van der Waals surface area contributed by atoms with Gasteiger partial charge < -0.3 is 19.8 Å². The molecule has 9 nitrogen and oxygen atoms in total. The third-order valence-corrected chi connectivity index (χ3v) is 5.99. The molecule has 4 aromatic heterocycles. The fraction of sp³-hybridized carbons (Fsp3) is 0.231. The highest BCUT2D eigenvalue weighted by molar-refractivity contribution is 5.70. The largest absolute Gasteiger partial charge is 0.493 e. The summed E-state index contributed by atoms with van der Waals surface area (Å²) < 4.78 is 55.3. The summed E-state index contributed by atoms with van der Waals surface area (Å²) in [4.78, 5) is 12.2. The van der Waals surface area contributed by atoms with Crippen molar-refractivity contribution in [1.82, 2.24) is 29.1 Å². The van der Waals surface area contributed by atoms with E-state index < -0.39 is 17.6 Å². The molecule has 0 aliphatic heterocycles.